The summed E-state index contributed by atoms with van der Waals surface area (Å²) in [6.45, 7) is 0. The van der Waals surface area contributed by atoms with Crippen LogP contribution in [0.1, 0.15) is 11.6 Å². The molecule has 7 heteroatoms. The molecule has 23 heavy (non-hydrogen) atoms. The van der Waals surface area contributed by atoms with Crippen molar-refractivity contribution >= 4 is 32.8 Å². The van der Waals surface area contributed by atoms with E-state index in [1.807, 2.05) is 18.2 Å². The average molecular weight is 379 g/mol. The van der Waals surface area contributed by atoms with Crippen LogP contribution in [0.5, 0.6) is 5.75 Å². The number of methoxy groups -OCH3 is 1. The third-order valence-electron chi connectivity index (χ3n) is 3.49. The molecule has 0 amide bonds. The van der Waals surface area contributed by atoms with Crippen molar-refractivity contribution in [2.75, 3.05) is 7.11 Å². The summed E-state index contributed by atoms with van der Waals surface area (Å²) in [6, 6.07) is 8.05. The van der Waals surface area contributed by atoms with Crippen molar-refractivity contribution in [3.05, 3.63) is 58.4 Å². The maximum Gasteiger partial charge on any atom is 0.333 e. The molecule has 1 aromatic heterocycles. The highest BCUT2D eigenvalue weighted by atomic mass is 79.9. The minimum absolute atomic E-state index is 0.198. The lowest BCUT2D eigenvalue weighted by Gasteiger charge is -2.16. The first kappa shape index (κ1) is 15.5. The van der Waals surface area contributed by atoms with Crippen molar-refractivity contribution in [2.24, 2.45) is 0 Å². The molecule has 1 heterocycles. The summed E-state index contributed by atoms with van der Waals surface area (Å²) in [5.41, 5.74) is 0.832. The van der Waals surface area contributed by atoms with Crippen LogP contribution in [0.3, 0.4) is 0 Å². The van der Waals surface area contributed by atoms with E-state index in [9.17, 15) is 14.3 Å². The number of rotatable bonds is 4. The summed E-state index contributed by atoms with van der Waals surface area (Å²) >= 11 is 3.38. The molecule has 0 saturated carbocycles. The summed E-state index contributed by atoms with van der Waals surface area (Å²) in [6.07, 6.45) is 1.61. The Morgan fingerprint density at radius 3 is 2.83 bits per heavy atom. The van der Waals surface area contributed by atoms with Crippen molar-refractivity contribution in [1.29, 1.82) is 0 Å². The van der Waals surface area contributed by atoms with Gasteiger partial charge in [0.25, 0.3) is 0 Å². The van der Waals surface area contributed by atoms with Gasteiger partial charge in [0.15, 0.2) is 6.04 Å². The van der Waals surface area contributed by atoms with Gasteiger partial charge in [0.05, 0.1) is 7.11 Å². The topological polar surface area (TPSA) is 64.3 Å². The van der Waals surface area contributed by atoms with Crippen LogP contribution in [0, 0.1) is 5.82 Å². The smallest absolute Gasteiger partial charge is 0.333 e. The second-order valence-electron chi connectivity index (χ2n) is 4.91. The van der Waals surface area contributed by atoms with E-state index in [4.69, 9.17) is 4.74 Å². The van der Waals surface area contributed by atoms with Gasteiger partial charge in [-0.2, -0.15) is 5.10 Å². The van der Waals surface area contributed by atoms with Crippen molar-refractivity contribution in [3.8, 4) is 5.75 Å². The largest absolute Gasteiger partial charge is 0.496 e. The molecular weight excluding hydrogens is 367 g/mol. The highest BCUT2D eigenvalue weighted by Crippen LogP contribution is 2.31. The Hall–Kier alpha value is -2.41. The van der Waals surface area contributed by atoms with E-state index in [0.717, 1.165) is 15.9 Å². The molecule has 0 aliphatic rings. The average Bonchev–Trinajstić information content (AvgIpc) is 2.92. The molecule has 0 aliphatic heterocycles. The monoisotopic (exact) mass is 378 g/mol. The molecule has 0 radical (unpaired) electrons. The number of carbonyl (C=O) groups is 1. The number of carboxylic acids is 1. The van der Waals surface area contributed by atoms with Crippen LogP contribution in [0.15, 0.2) is 47.1 Å². The van der Waals surface area contributed by atoms with Gasteiger partial charge in [0.2, 0.25) is 0 Å². The highest BCUT2D eigenvalue weighted by Gasteiger charge is 2.27. The maximum atomic E-state index is 13.6. The predicted molar refractivity (Wildman–Crippen MR) is 86.2 cm³/mol. The summed E-state index contributed by atoms with van der Waals surface area (Å²) in [4.78, 5) is 11.8. The molecule has 0 saturated heterocycles. The second-order valence-corrected chi connectivity index (χ2v) is 5.77. The van der Waals surface area contributed by atoms with E-state index in [0.29, 0.717) is 5.52 Å². The first-order valence-corrected chi connectivity index (χ1v) is 7.50. The molecule has 1 atom stereocenters. The van der Waals surface area contributed by atoms with E-state index < -0.39 is 17.8 Å². The summed E-state index contributed by atoms with van der Waals surface area (Å²) in [7, 11) is 1.41. The zero-order chi connectivity index (χ0) is 16.6. The Bertz CT molecular complexity index is 894. The number of halogens is 2. The van der Waals surface area contributed by atoms with Gasteiger partial charge in [-0.05, 0) is 40.2 Å². The fraction of sp³-hybridized carbons (Fsp3) is 0.125. The van der Waals surface area contributed by atoms with E-state index in [-0.39, 0.29) is 11.3 Å². The molecule has 0 fully saturated rings. The molecule has 0 bridgehead atoms. The third kappa shape index (κ3) is 2.79. The molecule has 1 unspecified atom stereocenters. The quantitative estimate of drug-likeness (QED) is 0.752. The van der Waals surface area contributed by atoms with Crippen LogP contribution >= 0.6 is 15.9 Å². The van der Waals surface area contributed by atoms with Gasteiger partial charge in [-0.25, -0.2) is 9.18 Å². The van der Waals surface area contributed by atoms with Crippen LogP contribution in [0.2, 0.25) is 0 Å². The molecular formula is C16H12BrFN2O3. The van der Waals surface area contributed by atoms with Crippen LogP contribution in [0.4, 0.5) is 4.39 Å². The first-order chi connectivity index (χ1) is 11.0. The van der Waals surface area contributed by atoms with Gasteiger partial charge in [-0.15, -0.1) is 0 Å². The predicted octanol–water partition coefficient (Wildman–Crippen LogP) is 3.62. The Morgan fingerprint density at radius 2 is 2.17 bits per heavy atom. The lowest BCUT2D eigenvalue weighted by Crippen LogP contribution is -2.21. The number of nitrogens with zero attached hydrogens (tertiary/aromatic N) is 2. The summed E-state index contributed by atoms with van der Waals surface area (Å²) in [5.74, 6) is -1.40. The highest BCUT2D eigenvalue weighted by molar-refractivity contribution is 9.10. The molecule has 2 aromatic carbocycles. The van der Waals surface area contributed by atoms with Crippen LogP contribution < -0.4 is 4.74 Å². The summed E-state index contributed by atoms with van der Waals surface area (Å²) in [5, 5.41) is 14.7. The van der Waals surface area contributed by atoms with Crippen LogP contribution in [-0.4, -0.2) is 28.0 Å². The molecule has 118 valence electrons. The molecule has 3 rings (SSSR count). The summed E-state index contributed by atoms with van der Waals surface area (Å²) < 4.78 is 20.8. The number of aliphatic carboxylic acids is 1. The maximum absolute atomic E-state index is 13.6. The number of aromatic nitrogens is 2. The Morgan fingerprint density at radius 1 is 1.39 bits per heavy atom. The zero-order valence-corrected chi connectivity index (χ0v) is 13.6. The molecule has 0 spiro atoms. The Balaban J connectivity index is 2.20. The van der Waals surface area contributed by atoms with Crippen molar-refractivity contribution in [3.63, 3.8) is 0 Å². The van der Waals surface area contributed by atoms with Gasteiger partial charge < -0.3 is 9.84 Å². The molecule has 5 nitrogen and oxygen atoms in total. The minimum atomic E-state index is -1.19. The van der Waals surface area contributed by atoms with Crippen LogP contribution in [-0.2, 0) is 4.79 Å². The van der Waals surface area contributed by atoms with Gasteiger partial charge in [-0.3, -0.25) is 4.68 Å². The lowest BCUT2D eigenvalue weighted by molar-refractivity contribution is -0.139. The third-order valence-corrected chi connectivity index (χ3v) is 4.13. The van der Waals surface area contributed by atoms with E-state index in [2.05, 4.69) is 21.0 Å². The molecule has 0 aliphatic carbocycles. The van der Waals surface area contributed by atoms with Gasteiger partial charge in [0, 0.05) is 21.6 Å². The van der Waals surface area contributed by atoms with Crippen molar-refractivity contribution in [2.45, 2.75) is 6.04 Å². The fourth-order valence-electron chi connectivity index (χ4n) is 2.47. The van der Waals surface area contributed by atoms with Gasteiger partial charge in [-0.1, -0.05) is 12.1 Å². The number of carboxylic acid groups (broad SMARTS) is 1. The zero-order valence-electron chi connectivity index (χ0n) is 12.0. The Kier molecular flexibility index (Phi) is 4.04. The van der Waals surface area contributed by atoms with Crippen molar-refractivity contribution in [1.82, 2.24) is 9.78 Å². The Labute approximate surface area is 139 Å². The number of benzene rings is 2. The van der Waals surface area contributed by atoms with E-state index in [1.54, 1.807) is 6.20 Å². The lowest BCUT2D eigenvalue weighted by atomic mass is 10.1. The number of hydrogen-bond donors (Lipinski definition) is 1. The van der Waals surface area contributed by atoms with Gasteiger partial charge >= 0.3 is 5.97 Å². The number of hydrogen-bond acceptors (Lipinski definition) is 3. The molecule has 3 aromatic rings. The SMILES string of the molecule is COc1ccc(F)cc1C(C(=O)O)n1cc2cccc(Br)c2n1. The fourth-order valence-corrected chi connectivity index (χ4v) is 2.93. The van der Waals surface area contributed by atoms with Gasteiger partial charge in [0.1, 0.15) is 17.1 Å². The van der Waals surface area contributed by atoms with Crippen LogP contribution in [0.25, 0.3) is 10.9 Å². The normalized spacial score (nSPS) is 12.3. The minimum Gasteiger partial charge on any atom is -0.496 e. The second kappa shape index (κ2) is 6.00. The van der Waals surface area contributed by atoms with Crippen molar-refractivity contribution < 1.29 is 19.0 Å². The molecule has 1 N–H and O–H groups in total. The first-order valence-electron chi connectivity index (χ1n) is 6.71. The van der Waals surface area contributed by atoms with E-state index in [1.165, 1.54) is 23.9 Å². The van der Waals surface area contributed by atoms with E-state index >= 15 is 0 Å². The standard InChI is InChI=1S/C16H12BrFN2O3/c1-23-13-6-5-10(18)7-11(13)15(16(21)22)20-8-9-3-2-4-12(17)14(9)19-20/h2-8,15H,1H3,(H,21,22). The number of ether oxygens (including phenoxy) is 1. The number of fused-ring (bicyclic) bond motifs is 1.